The predicted octanol–water partition coefficient (Wildman–Crippen LogP) is 5.23. The lowest BCUT2D eigenvalue weighted by molar-refractivity contribution is -0.141. The number of rotatable bonds is 4. The van der Waals surface area contributed by atoms with Gasteiger partial charge in [-0.1, -0.05) is 46.3 Å². The molecule has 3 nitrogen and oxygen atoms in total. The molecule has 2 aromatic carbocycles. The van der Waals surface area contributed by atoms with Gasteiger partial charge in [-0.2, -0.15) is 18.3 Å². The highest BCUT2D eigenvalue weighted by Gasteiger charge is 2.35. The van der Waals surface area contributed by atoms with Crippen molar-refractivity contribution in [2.45, 2.75) is 12.8 Å². The second kappa shape index (κ2) is 6.68. The molecule has 0 aliphatic carbocycles. The Hall–Kier alpha value is -2.28. The first-order valence-electron chi connectivity index (χ1n) is 7.03. The second-order valence-electron chi connectivity index (χ2n) is 5.03. The van der Waals surface area contributed by atoms with Gasteiger partial charge >= 0.3 is 6.18 Å². The number of hydrogen-bond donors (Lipinski definition) is 0. The molecule has 0 saturated heterocycles. The summed E-state index contributed by atoms with van der Waals surface area (Å²) in [7, 11) is 0. The Bertz CT molecular complexity index is 814. The molecule has 3 rings (SSSR count). The molecule has 0 fully saturated rings. The molecule has 124 valence electrons. The summed E-state index contributed by atoms with van der Waals surface area (Å²) >= 11 is 3.33. The fourth-order valence-corrected chi connectivity index (χ4v) is 2.36. The van der Waals surface area contributed by atoms with Crippen LogP contribution in [0.15, 0.2) is 65.1 Å². The average molecular weight is 397 g/mol. The van der Waals surface area contributed by atoms with Crippen LogP contribution < -0.4 is 4.74 Å². The second-order valence-corrected chi connectivity index (χ2v) is 5.94. The van der Waals surface area contributed by atoms with Crippen molar-refractivity contribution < 1.29 is 17.9 Å². The van der Waals surface area contributed by atoms with Gasteiger partial charge in [0.2, 0.25) is 5.88 Å². The summed E-state index contributed by atoms with van der Waals surface area (Å²) in [5.41, 5.74) is 0.350. The quantitative estimate of drug-likeness (QED) is 0.603. The van der Waals surface area contributed by atoms with Crippen molar-refractivity contribution in [3.63, 3.8) is 0 Å². The molecule has 0 saturated carbocycles. The van der Waals surface area contributed by atoms with Crippen molar-refractivity contribution >= 4 is 15.9 Å². The Morgan fingerprint density at radius 3 is 2.29 bits per heavy atom. The van der Waals surface area contributed by atoms with Gasteiger partial charge in [-0.05, 0) is 29.8 Å². The monoisotopic (exact) mass is 396 g/mol. The van der Waals surface area contributed by atoms with Crippen LogP contribution in [-0.2, 0) is 12.8 Å². The van der Waals surface area contributed by atoms with E-state index >= 15 is 0 Å². The lowest BCUT2D eigenvalue weighted by Crippen LogP contribution is -2.07. The zero-order valence-corrected chi connectivity index (χ0v) is 13.9. The van der Waals surface area contributed by atoms with Gasteiger partial charge < -0.3 is 4.74 Å². The minimum absolute atomic E-state index is 0.0384. The zero-order valence-electron chi connectivity index (χ0n) is 12.3. The molecule has 0 N–H and O–H groups in total. The van der Waals surface area contributed by atoms with Gasteiger partial charge in [0.15, 0.2) is 5.69 Å². The van der Waals surface area contributed by atoms with Gasteiger partial charge in [-0.3, -0.25) is 0 Å². The van der Waals surface area contributed by atoms with Gasteiger partial charge in [0.1, 0.15) is 6.61 Å². The van der Waals surface area contributed by atoms with E-state index in [-0.39, 0.29) is 12.5 Å². The Morgan fingerprint density at radius 1 is 1.00 bits per heavy atom. The van der Waals surface area contributed by atoms with Crippen LogP contribution in [0.3, 0.4) is 0 Å². The predicted molar refractivity (Wildman–Crippen MR) is 87.0 cm³/mol. The normalized spacial score (nSPS) is 11.5. The van der Waals surface area contributed by atoms with Crippen molar-refractivity contribution in [2.24, 2.45) is 0 Å². The van der Waals surface area contributed by atoms with Crippen LogP contribution in [0, 0.1) is 0 Å². The van der Waals surface area contributed by atoms with Crippen LogP contribution in [0.1, 0.15) is 11.3 Å². The van der Waals surface area contributed by atoms with Crippen LogP contribution in [0.2, 0.25) is 0 Å². The number of nitrogens with zero attached hydrogens (tertiary/aromatic N) is 2. The fourth-order valence-electron chi connectivity index (χ4n) is 2.10. The molecule has 1 aromatic heterocycles. The Morgan fingerprint density at radius 2 is 1.67 bits per heavy atom. The molecule has 0 unspecified atom stereocenters. The molecule has 3 aromatic rings. The molecule has 0 atom stereocenters. The first-order valence-corrected chi connectivity index (χ1v) is 7.83. The molecule has 0 radical (unpaired) electrons. The standard InChI is InChI=1S/C17H12BrF3N2O/c18-13-8-6-12(7-9-13)11-24-16-10-15(17(19,20)21)22-23(16)14-4-2-1-3-5-14/h1-10H,11H2. The number of para-hydroxylation sites is 1. The Balaban J connectivity index is 1.90. The summed E-state index contributed by atoms with van der Waals surface area (Å²) in [5.74, 6) is 0.0384. The highest BCUT2D eigenvalue weighted by atomic mass is 79.9. The van der Waals surface area contributed by atoms with Crippen LogP contribution in [-0.4, -0.2) is 9.78 Å². The number of alkyl halides is 3. The van der Waals surface area contributed by atoms with Crippen molar-refractivity contribution in [3.8, 4) is 11.6 Å². The molecular formula is C17H12BrF3N2O. The van der Waals surface area contributed by atoms with Crippen LogP contribution >= 0.6 is 15.9 Å². The van der Waals surface area contributed by atoms with E-state index in [1.54, 1.807) is 30.3 Å². The first kappa shape index (κ1) is 16.6. The minimum Gasteiger partial charge on any atom is -0.473 e. The number of hydrogen-bond acceptors (Lipinski definition) is 2. The van der Waals surface area contributed by atoms with Crippen LogP contribution in [0.4, 0.5) is 13.2 Å². The summed E-state index contributed by atoms with van der Waals surface area (Å²) in [4.78, 5) is 0. The molecule has 0 bridgehead atoms. The molecule has 7 heteroatoms. The maximum absolute atomic E-state index is 13.0. The number of halogens is 4. The Kier molecular flexibility index (Phi) is 4.62. The summed E-state index contributed by atoms with van der Waals surface area (Å²) in [6, 6.07) is 16.8. The van der Waals surface area contributed by atoms with E-state index in [9.17, 15) is 13.2 Å². The van der Waals surface area contributed by atoms with Gasteiger partial charge in [0, 0.05) is 10.5 Å². The average Bonchev–Trinajstić information content (AvgIpc) is 3.00. The maximum Gasteiger partial charge on any atom is 0.435 e. The summed E-state index contributed by atoms with van der Waals surface area (Å²) in [5, 5.41) is 3.64. The molecular weight excluding hydrogens is 385 g/mol. The van der Waals surface area contributed by atoms with E-state index in [1.807, 2.05) is 24.3 Å². The smallest absolute Gasteiger partial charge is 0.435 e. The third kappa shape index (κ3) is 3.79. The zero-order chi connectivity index (χ0) is 17.2. The highest BCUT2D eigenvalue weighted by molar-refractivity contribution is 9.10. The van der Waals surface area contributed by atoms with Gasteiger partial charge in [0.25, 0.3) is 0 Å². The molecule has 0 amide bonds. The first-order chi connectivity index (χ1) is 11.4. The van der Waals surface area contributed by atoms with Crippen LogP contribution in [0.25, 0.3) is 5.69 Å². The van der Waals surface area contributed by atoms with E-state index in [1.165, 1.54) is 0 Å². The van der Waals surface area contributed by atoms with Gasteiger partial charge in [0.05, 0.1) is 5.69 Å². The summed E-state index contributed by atoms with van der Waals surface area (Å²) in [6.07, 6.45) is -4.53. The van der Waals surface area contributed by atoms with E-state index in [2.05, 4.69) is 21.0 Å². The van der Waals surface area contributed by atoms with Gasteiger partial charge in [-0.15, -0.1) is 0 Å². The third-order valence-corrected chi connectivity index (χ3v) is 3.80. The maximum atomic E-state index is 13.0. The molecule has 24 heavy (non-hydrogen) atoms. The number of aromatic nitrogens is 2. The van der Waals surface area contributed by atoms with E-state index in [0.29, 0.717) is 5.69 Å². The van der Waals surface area contributed by atoms with E-state index in [4.69, 9.17) is 4.74 Å². The lowest BCUT2D eigenvalue weighted by Gasteiger charge is -2.09. The molecule has 0 aliphatic rings. The molecule has 0 spiro atoms. The van der Waals surface area contributed by atoms with E-state index in [0.717, 1.165) is 20.8 Å². The van der Waals surface area contributed by atoms with Crippen LogP contribution in [0.5, 0.6) is 5.88 Å². The SMILES string of the molecule is FC(F)(F)c1cc(OCc2ccc(Br)cc2)n(-c2ccccc2)n1. The van der Waals surface area contributed by atoms with Crippen molar-refractivity contribution in [1.82, 2.24) is 9.78 Å². The summed E-state index contributed by atoms with van der Waals surface area (Å²) < 4.78 is 46.6. The van der Waals surface area contributed by atoms with E-state index < -0.39 is 11.9 Å². The fraction of sp³-hybridized carbons (Fsp3) is 0.118. The van der Waals surface area contributed by atoms with Gasteiger partial charge in [-0.25, -0.2) is 4.68 Å². The minimum atomic E-state index is -4.53. The number of benzene rings is 2. The lowest BCUT2D eigenvalue weighted by atomic mass is 10.2. The Labute approximate surface area is 144 Å². The summed E-state index contributed by atoms with van der Waals surface area (Å²) in [6.45, 7) is 0.142. The highest BCUT2D eigenvalue weighted by Crippen LogP contribution is 2.32. The van der Waals surface area contributed by atoms with Crippen molar-refractivity contribution in [3.05, 3.63) is 76.4 Å². The van der Waals surface area contributed by atoms with Crippen molar-refractivity contribution in [1.29, 1.82) is 0 Å². The van der Waals surface area contributed by atoms with Crippen molar-refractivity contribution in [2.75, 3.05) is 0 Å². The molecule has 1 heterocycles. The number of ether oxygens (including phenoxy) is 1. The third-order valence-electron chi connectivity index (χ3n) is 3.27. The molecule has 0 aliphatic heterocycles. The largest absolute Gasteiger partial charge is 0.473 e. The topological polar surface area (TPSA) is 27.1 Å².